The van der Waals surface area contributed by atoms with Gasteiger partial charge in [0.25, 0.3) is 0 Å². The van der Waals surface area contributed by atoms with Crippen molar-refractivity contribution in [1.29, 1.82) is 0 Å². The Morgan fingerprint density at radius 1 is 1.33 bits per heavy atom. The predicted octanol–water partition coefficient (Wildman–Crippen LogP) is 4.77. The van der Waals surface area contributed by atoms with E-state index in [4.69, 9.17) is 0 Å². The van der Waals surface area contributed by atoms with Gasteiger partial charge >= 0.3 is 0 Å². The molecule has 2 unspecified atom stereocenters. The van der Waals surface area contributed by atoms with Crippen LogP contribution in [0.5, 0.6) is 0 Å². The molecule has 2 aromatic rings. The van der Waals surface area contributed by atoms with Gasteiger partial charge in [0.15, 0.2) is 0 Å². The number of halogens is 1. The average molecular weight is 322 g/mol. The summed E-state index contributed by atoms with van der Waals surface area (Å²) in [5, 5.41) is 3.34. The van der Waals surface area contributed by atoms with Crippen molar-refractivity contribution in [2.24, 2.45) is 5.92 Å². The van der Waals surface area contributed by atoms with E-state index in [0.717, 1.165) is 6.42 Å². The molecule has 0 bridgehead atoms. The minimum Gasteiger partial charge on any atom is -0.250 e. The van der Waals surface area contributed by atoms with Crippen LogP contribution in [0.2, 0.25) is 0 Å². The van der Waals surface area contributed by atoms with E-state index in [0.29, 0.717) is 10.7 Å². The molecule has 0 radical (unpaired) electrons. The maximum atomic E-state index is 4.43. The molecule has 1 aromatic heterocycles. The zero-order chi connectivity index (χ0) is 12.4. The van der Waals surface area contributed by atoms with E-state index >= 15 is 0 Å². The summed E-state index contributed by atoms with van der Waals surface area (Å²) in [6.07, 6.45) is 6.79. The molecule has 3 heteroatoms. The van der Waals surface area contributed by atoms with Gasteiger partial charge in [-0.2, -0.15) is 0 Å². The molecule has 0 aliphatic heterocycles. The summed E-state index contributed by atoms with van der Waals surface area (Å²) in [4.78, 5) is 4.90. The van der Waals surface area contributed by atoms with Gasteiger partial charge in [0.1, 0.15) is 0 Å². The Morgan fingerprint density at radius 2 is 2.22 bits per heavy atom. The molecule has 2 atom stereocenters. The van der Waals surface area contributed by atoms with Gasteiger partial charge < -0.3 is 0 Å². The van der Waals surface area contributed by atoms with Crippen molar-refractivity contribution in [3.8, 4) is 0 Å². The Kier molecular flexibility index (Phi) is 3.80. The van der Waals surface area contributed by atoms with Crippen LogP contribution in [0.25, 0.3) is 0 Å². The molecule has 1 aliphatic rings. The first-order valence-corrected chi connectivity index (χ1v) is 8.24. The monoisotopic (exact) mass is 321 g/mol. The molecule has 0 fully saturated rings. The number of thiazole rings is 1. The van der Waals surface area contributed by atoms with Gasteiger partial charge in [-0.05, 0) is 36.3 Å². The van der Waals surface area contributed by atoms with Gasteiger partial charge in [-0.25, -0.2) is 4.98 Å². The van der Waals surface area contributed by atoms with Gasteiger partial charge in [-0.3, -0.25) is 0 Å². The minimum atomic E-state index is 0.472. The largest absolute Gasteiger partial charge is 0.250 e. The van der Waals surface area contributed by atoms with Crippen LogP contribution in [0, 0.1) is 5.92 Å². The van der Waals surface area contributed by atoms with Crippen LogP contribution >= 0.6 is 27.3 Å². The third kappa shape index (κ3) is 2.52. The van der Waals surface area contributed by atoms with E-state index in [1.54, 1.807) is 11.3 Å². The normalized spacial score (nSPS) is 23.4. The zero-order valence-corrected chi connectivity index (χ0v) is 12.6. The fourth-order valence-corrected chi connectivity index (χ4v) is 4.38. The van der Waals surface area contributed by atoms with Gasteiger partial charge in [0.05, 0.1) is 5.01 Å². The van der Waals surface area contributed by atoms with E-state index in [-0.39, 0.29) is 0 Å². The fraction of sp³-hybridized carbons (Fsp3) is 0.400. The lowest BCUT2D eigenvalue weighted by Crippen LogP contribution is -2.10. The van der Waals surface area contributed by atoms with Gasteiger partial charge in [-0.15, -0.1) is 11.3 Å². The Morgan fingerprint density at radius 3 is 3.06 bits per heavy atom. The molecule has 94 valence electrons. The zero-order valence-electron chi connectivity index (χ0n) is 10.2. The van der Waals surface area contributed by atoms with Crippen LogP contribution in [0.3, 0.4) is 0 Å². The number of alkyl halides is 1. The van der Waals surface area contributed by atoms with Crippen molar-refractivity contribution in [2.75, 3.05) is 0 Å². The summed E-state index contributed by atoms with van der Waals surface area (Å²) in [5.74, 6) is 0.666. The van der Waals surface area contributed by atoms with Crippen LogP contribution in [0.4, 0.5) is 0 Å². The fourth-order valence-electron chi connectivity index (χ4n) is 2.77. The maximum Gasteiger partial charge on any atom is 0.0928 e. The molecule has 0 saturated heterocycles. The average Bonchev–Trinajstić information content (AvgIpc) is 2.85. The summed E-state index contributed by atoms with van der Waals surface area (Å²) in [6, 6.07) is 8.85. The van der Waals surface area contributed by atoms with E-state index in [9.17, 15) is 0 Å². The molecule has 1 aliphatic carbocycles. The number of hydrogen-bond acceptors (Lipinski definition) is 2. The van der Waals surface area contributed by atoms with Crippen LogP contribution in [0.1, 0.15) is 33.8 Å². The van der Waals surface area contributed by atoms with Crippen molar-refractivity contribution in [3.05, 3.63) is 52.0 Å². The maximum absolute atomic E-state index is 4.43. The Balaban J connectivity index is 1.85. The van der Waals surface area contributed by atoms with Crippen molar-refractivity contribution >= 4 is 27.3 Å². The highest BCUT2D eigenvalue weighted by atomic mass is 79.9. The number of rotatable bonds is 2. The highest BCUT2D eigenvalue weighted by Crippen LogP contribution is 2.40. The Hall–Kier alpha value is -0.670. The summed E-state index contributed by atoms with van der Waals surface area (Å²) >= 11 is 5.70. The molecule has 0 N–H and O–H groups in total. The second-order valence-electron chi connectivity index (χ2n) is 4.88. The van der Waals surface area contributed by atoms with Crippen molar-refractivity contribution in [1.82, 2.24) is 4.98 Å². The Bertz CT molecular complexity index is 509. The van der Waals surface area contributed by atoms with E-state index in [2.05, 4.69) is 50.6 Å². The van der Waals surface area contributed by atoms with Crippen LogP contribution in [-0.2, 0) is 12.8 Å². The summed E-state index contributed by atoms with van der Waals surface area (Å²) < 4.78 is 0. The number of fused-ring (bicyclic) bond motifs is 1. The molecule has 0 spiro atoms. The van der Waals surface area contributed by atoms with Crippen LogP contribution in [0.15, 0.2) is 35.8 Å². The number of aryl methyl sites for hydroxylation is 1. The first-order valence-electron chi connectivity index (χ1n) is 6.45. The molecule has 1 nitrogen and oxygen atoms in total. The van der Waals surface area contributed by atoms with Crippen LogP contribution < -0.4 is 0 Å². The predicted molar refractivity (Wildman–Crippen MR) is 80.4 cm³/mol. The highest BCUT2D eigenvalue weighted by molar-refractivity contribution is 9.09. The number of hydrogen-bond donors (Lipinski definition) is 0. The molecule has 3 rings (SSSR count). The molecular formula is C15H16BrNS. The summed E-state index contributed by atoms with van der Waals surface area (Å²) in [7, 11) is 0. The highest BCUT2D eigenvalue weighted by Gasteiger charge is 2.26. The second-order valence-corrected chi connectivity index (χ2v) is 6.85. The lowest BCUT2D eigenvalue weighted by atomic mass is 9.94. The molecule has 1 aromatic carbocycles. The number of nitrogens with zero attached hydrogens (tertiary/aromatic N) is 1. The SMILES string of the molecule is BrC1c2ccccc2CCCC1Cc1nccs1. The van der Waals surface area contributed by atoms with E-state index in [1.807, 2.05) is 6.20 Å². The van der Waals surface area contributed by atoms with Gasteiger partial charge in [-0.1, -0.05) is 40.2 Å². The summed E-state index contributed by atoms with van der Waals surface area (Å²) in [6.45, 7) is 0. The minimum absolute atomic E-state index is 0.472. The third-order valence-corrected chi connectivity index (χ3v) is 5.75. The van der Waals surface area contributed by atoms with Crippen LogP contribution in [-0.4, -0.2) is 4.98 Å². The van der Waals surface area contributed by atoms with Crippen molar-refractivity contribution < 1.29 is 0 Å². The molecular weight excluding hydrogens is 306 g/mol. The quantitative estimate of drug-likeness (QED) is 0.573. The van der Waals surface area contributed by atoms with Crippen molar-refractivity contribution in [3.63, 3.8) is 0 Å². The summed E-state index contributed by atoms with van der Waals surface area (Å²) in [5.41, 5.74) is 3.00. The van der Waals surface area contributed by atoms with E-state index < -0.39 is 0 Å². The third-order valence-electron chi connectivity index (χ3n) is 3.71. The molecule has 18 heavy (non-hydrogen) atoms. The first-order chi connectivity index (χ1) is 8.84. The second kappa shape index (κ2) is 5.54. The lowest BCUT2D eigenvalue weighted by Gasteiger charge is -2.20. The molecule has 0 saturated carbocycles. The smallest absolute Gasteiger partial charge is 0.0928 e. The molecule has 0 amide bonds. The van der Waals surface area contributed by atoms with Gasteiger partial charge in [0.2, 0.25) is 0 Å². The number of aromatic nitrogens is 1. The van der Waals surface area contributed by atoms with E-state index in [1.165, 1.54) is 35.4 Å². The Labute approximate surface area is 120 Å². The first kappa shape index (κ1) is 12.4. The lowest BCUT2D eigenvalue weighted by molar-refractivity contribution is 0.474. The van der Waals surface area contributed by atoms with Gasteiger partial charge in [0, 0.05) is 22.8 Å². The molecule has 1 heterocycles. The number of benzene rings is 1. The topological polar surface area (TPSA) is 12.9 Å². The van der Waals surface area contributed by atoms with Crippen molar-refractivity contribution in [2.45, 2.75) is 30.5 Å². The standard InChI is InChI=1S/C15H16BrNS/c16-15-12(10-14-17-8-9-18-14)6-3-5-11-4-1-2-7-13(11)15/h1-2,4,7-9,12,15H,3,5-6,10H2.